The van der Waals surface area contributed by atoms with E-state index < -0.39 is 41.6 Å². The summed E-state index contributed by atoms with van der Waals surface area (Å²) in [5.41, 5.74) is 0.797. The van der Waals surface area contributed by atoms with Crippen molar-refractivity contribution in [3.8, 4) is 11.1 Å². The van der Waals surface area contributed by atoms with Crippen molar-refractivity contribution in [3.05, 3.63) is 76.0 Å². The summed E-state index contributed by atoms with van der Waals surface area (Å²) < 4.78 is 38.3. The van der Waals surface area contributed by atoms with Gasteiger partial charge in [0.15, 0.2) is 0 Å². The fraction of sp³-hybridized carbons (Fsp3) is 0.217. The Morgan fingerprint density at radius 2 is 1.88 bits per heavy atom. The van der Waals surface area contributed by atoms with E-state index in [-0.39, 0.29) is 16.9 Å². The van der Waals surface area contributed by atoms with Gasteiger partial charge >= 0.3 is 6.18 Å². The molecule has 0 fully saturated rings. The van der Waals surface area contributed by atoms with Crippen molar-refractivity contribution in [3.63, 3.8) is 0 Å². The normalized spacial score (nSPS) is 15.5. The summed E-state index contributed by atoms with van der Waals surface area (Å²) in [7, 11) is 0. The number of aromatic amines is 1. The molecule has 0 saturated heterocycles. The average Bonchev–Trinajstić information content (AvgIpc) is 2.83. The second kappa shape index (κ2) is 8.19. The highest BCUT2D eigenvalue weighted by atomic mass is 19.4. The number of halogens is 3. The fourth-order valence-corrected chi connectivity index (χ4v) is 3.84. The van der Waals surface area contributed by atoms with E-state index in [1.807, 2.05) is 0 Å². The van der Waals surface area contributed by atoms with Gasteiger partial charge in [0.1, 0.15) is 6.54 Å². The largest absolute Gasteiger partial charge is 0.416 e. The van der Waals surface area contributed by atoms with Crippen molar-refractivity contribution >= 4 is 23.2 Å². The lowest BCUT2D eigenvalue weighted by molar-refractivity contribution is -0.137. The van der Waals surface area contributed by atoms with Gasteiger partial charge < -0.3 is 15.2 Å². The number of anilines is 2. The number of nitrogens with zero attached hydrogens (tertiary/aromatic N) is 2. The smallest absolute Gasteiger partial charge is 0.326 e. The molecule has 4 rings (SSSR count). The zero-order chi connectivity index (χ0) is 23.9. The second-order valence-corrected chi connectivity index (χ2v) is 7.75. The molecule has 0 spiro atoms. The van der Waals surface area contributed by atoms with Crippen LogP contribution in [0.5, 0.6) is 0 Å². The highest BCUT2D eigenvalue weighted by Gasteiger charge is 2.35. The van der Waals surface area contributed by atoms with Gasteiger partial charge in [-0.25, -0.2) is 0 Å². The molecule has 0 radical (unpaired) electrons. The second-order valence-electron chi connectivity index (χ2n) is 7.75. The van der Waals surface area contributed by atoms with Gasteiger partial charge in [-0.2, -0.15) is 13.2 Å². The maximum absolute atomic E-state index is 13.3. The molecule has 0 bridgehead atoms. The quantitative estimate of drug-likeness (QED) is 0.626. The Morgan fingerprint density at radius 1 is 1.18 bits per heavy atom. The maximum atomic E-state index is 13.3. The SMILES string of the molecule is Cc1cc2c(c(=O)[nH]1)-c1cccnc1[C@@H](C)C(=O)N2CC(=O)Nc1ccc(C(F)(F)F)cc1. The molecule has 7 nitrogen and oxygen atoms in total. The Labute approximate surface area is 186 Å². The number of carbonyl (C=O) groups is 2. The highest BCUT2D eigenvalue weighted by molar-refractivity contribution is 6.09. The number of nitrogens with one attached hydrogen (secondary N) is 2. The minimum Gasteiger partial charge on any atom is -0.326 e. The molecule has 1 aliphatic heterocycles. The predicted molar refractivity (Wildman–Crippen MR) is 116 cm³/mol. The molecule has 1 atom stereocenters. The Balaban J connectivity index is 1.69. The van der Waals surface area contributed by atoms with E-state index in [2.05, 4.69) is 15.3 Å². The molecule has 170 valence electrons. The van der Waals surface area contributed by atoms with Crippen LogP contribution in [0.4, 0.5) is 24.5 Å². The zero-order valence-corrected chi connectivity index (χ0v) is 17.7. The Bertz CT molecular complexity index is 1300. The van der Waals surface area contributed by atoms with Crippen molar-refractivity contribution in [2.24, 2.45) is 0 Å². The van der Waals surface area contributed by atoms with Crippen LogP contribution >= 0.6 is 0 Å². The Morgan fingerprint density at radius 3 is 2.55 bits per heavy atom. The van der Waals surface area contributed by atoms with Crippen LogP contribution in [0.1, 0.15) is 29.8 Å². The van der Waals surface area contributed by atoms with E-state index in [1.165, 1.54) is 11.1 Å². The molecule has 1 aliphatic rings. The number of H-pyrrole nitrogens is 1. The third-order valence-corrected chi connectivity index (χ3v) is 5.39. The van der Waals surface area contributed by atoms with Gasteiger partial charge in [0, 0.05) is 23.1 Å². The first-order valence-electron chi connectivity index (χ1n) is 10.0. The lowest BCUT2D eigenvalue weighted by Gasteiger charge is -2.24. The van der Waals surface area contributed by atoms with E-state index >= 15 is 0 Å². The molecule has 1 aromatic carbocycles. The molecule has 2 amide bonds. The number of rotatable bonds is 3. The summed E-state index contributed by atoms with van der Waals surface area (Å²) in [6.45, 7) is 2.86. The van der Waals surface area contributed by atoms with Crippen LogP contribution in [0.25, 0.3) is 11.1 Å². The third-order valence-electron chi connectivity index (χ3n) is 5.39. The van der Waals surface area contributed by atoms with E-state index in [1.54, 1.807) is 32.0 Å². The molecule has 2 aromatic heterocycles. The summed E-state index contributed by atoms with van der Waals surface area (Å²) in [6, 6.07) is 8.94. The monoisotopic (exact) mass is 456 g/mol. The predicted octanol–water partition coefficient (Wildman–Crippen LogP) is 3.85. The summed E-state index contributed by atoms with van der Waals surface area (Å²) in [4.78, 5) is 47.1. The number of aromatic nitrogens is 2. The number of alkyl halides is 3. The number of amides is 2. The number of carbonyl (C=O) groups excluding carboxylic acids is 2. The van der Waals surface area contributed by atoms with Gasteiger partial charge in [-0.05, 0) is 50.2 Å². The van der Waals surface area contributed by atoms with Crippen molar-refractivity contribution in [1.82, 2.24) is 9.97 Å². The van der Waals surface area contributed by atoms with Gasteiger partial charge in [-0.1, -0.05) is 6.07 Å². The lowest BCUT2D eigenvalue weighted by Crippen LogP contribution is -2.40. The van der Waals surface area contributed by atoms with Gasteiger partial charge in [0.05, 0.1) is 28.4 Å². The number of hydrogen-bond donors (Lipinski definition) is 2. The number of fused-ring (bicyclic) bond motifs is 3. The molecule has 2 N–H and O–H groups in total. The summed E-state index contributed by atoms with van der Waals surface area (Å²) in [5, 5.41) is 2.50. The van der Waals surface area contributed by atoms with E-state index in [4.69, 9.17) is 0 Å². The summed E-state index contributed by atoms with van der Waals surface area (Å²) >= 11 is 0. The molecular weight excluding hydrogens is 437 g/mol. The van der Waals surface area contributed by atoms with Crippen LogP contribution in [0.15, 0.2) is 53.5 Å². The number of aryl methyl sites for hydroxylation is 1. The fourth-order valence-electron chi connectivity index (χ4n) is 3.84. The van der Waals surface area contributed by atoms with E-state index in [0.29, 0.717) is 17.0 Å². The van der Waals surface area contributed by atoms with Crippen LogP contribution in [-0.2, 0) is 15.8 Å². The standard InChI is InChI=1S/C23H19F3N4O3/c1-12-10-17-19(21(32)28-12)16-4-3-9-27-20(16)13(2)22(33)30(17)11-18(31)29-15-7-5-14(6-8-15)23(24,25)26/h3-10,13H,11H2,1-2H3,(H,28,32)(H,29,31)/t13-/m1/s1. The molecule has 0 aliphatic carbocycles. The van der Waals surface area contributed by atoms with Gasteiger partial charge in [-0.3, -0.25) is 19.4 Å². The molecule has 10 heteroatoms. The van der Waals surface area contributed by atoms with E-state index in [9.17, 15) is 27.6 Å². The van der Waals surface area contributed by atoms with Gasteiger partial charge in [-0.15, -0.1) is 0 Å². The molecule has 0 unspecified atom stereocenters. The van der Waals surface area contributed by atoms with Crippen molar-refractivity contribution < 1.29 is 22.8 Å². The maximum Gasteiger partial charge on any atom is 0.416 e. The molecule has 33 heavy (non-hydrogen) atoms. The first-order chi connectivity index (χ1) is 15.6. The van der Waals surface area contributed by atoms with Crippen molar-refractivity contribution in [1.29, 1.82) is 0 Å². The minimum atomic E-state index is -4.49. The lowest BCUT2D eigenvalue weighted by atomic mass is 9.98. The molecular formula is C23H19F3N4O3. The first kappa shape index (κ1) is 22.3. The molecule has 3 heterocycles. The molecule has 3 aromatic rings. The van der Waals surface area contributed by atoms with Gasteiger partial charge in [0.2, 0.25) is 11.8 Å². The number of pyridine rings is 2. The van der Waals surface area contributed by atoms with Crippen LogP contribution in [0.2, 0.25) is 0 Å². The average molecular weight is 456 g/mol. The molecule has 0 saturated carbocycles. The van der Waals surface area contributed by atoms with E-state index in [0.717, 1.165) is 24.3 Å². The zero-order valence-electron chi connectivity index (χ0n) is 17.7. The summed E-state index contributed by atoms with van der Waals surface area (Å²) in [6.07, 6.45) is -2.97. The Kier molecular flexibility index (Phi) is 5.52. The van der Waals surface area contributed by atoms with Crippen LogP contribution in [-0.4, -0.2) is 28.3 Å². The highest BCUT2D eigenvalue weighted by Crippen LogP contribution is 2.38. The van der Waals surface area contributed by atoms with Gasteiger partial charge in [0.25, 0.3) is 5.56 Å². The van der Waals surface area contributed by atoms with Crippen LogP contribution in [0.3, 0.4) is 0 Å². The topological polar surface area (TPSA) is 95.2 Å². The summed E-state index contributed by atoms with van der Waals surface area (Å²) in [5.74, 6) is -1.79. The number of benzene rings is 1. The van der Waals surface area contributed by atoms with Crippen molar-refractivity contribution in [2.75, 3.05) is 16.8 Å². The first-order valence-corrected chi connectivity index (χ1v) is 10.0. The van der Waals surface area contributed by atoms with Crippen LogP contribution in [0, 0.1) is 6.92 Å². The third kappa shape index (κ3) is 4.23. The van der Waals surface area contributed by atoms with Crippen LogP contribution < -0.4 is 15.8 Å². The minimum absolute atomic E-state index is 0.149. The Hall–Kier alpha value is -3.95. The van der Waals surface area contributed by atoms with Crippen molar-refractivity contribution in [2.45, 2.75) is 25.9 Å². The number of hydrogen-bond acceptors (Lipinski definition) is 4.